The molecule has 1 aliphatic carbocycles. The Labute approximate surface area is 139 Å². The number of ether oxygens (including phenoxy) is 1. The minimum atomic E-state index is -0.356. The zero-order valence-corrected chi connectivity index (χ0v) is 13.3. The van der Waals surface area contributed by atoms with Crippen LogP contribution in [0.4, 0.5) is 11.5 Å². The topological polar surface area (TPSA) is 93.2 Å². The summed E-state index contributed by atoms with van der Waals surface area (Å²) in [5, 5.41) is 5.97. The van der Waals surface area contributed by atoms with Gasteiger partial charge in [-0.05, 0) is 44.0 Å². The molecular weight excluding hydrogens is 308 g/mol. The summed E-state index contributed by atoms with van der Waals surface area (Å²) in [4.78, 5) is 31.7. The minimum Gasteiger partial charge on any atom is -0.462 e. The number of hydrogen-bond donors (Lipinski definition) is 2. The first-order chi connectivity index (χ1) is 11.7. The molecule has 0 atom stereocenters. The molecule has 1 aliphatic rings. The smallest absolute Gasteiger partial charge is 0.338 e. The SMILES string of the molecule is CCOC(=O)c1ccc(Nc2cc(C(=O)NC3CC3)ncn2)cc1. The van der Waals surface area contributed by atoms with E-state index < -0.39 is 0 Å². The number of nitrogens with one attached hydrogen (secondary N) is 2. The highest BCUT2D eigenvalue weighted by atomic mass is 16.5. The fourth-order valence-corrected chi connectivity index (χ4v) is 2.09. The Morgan fingerprint density at radius 2 is 1.96 bits per heavy atom. The van der Waals surface area contributed by atoms with Gasteiger partial charge in [0.15, 0.2) is 0 Å². The van der Waals surface area contributed by atoms with Gasteiger partial charge in [0.1, 0.15) is 17.8 Å². The van der Waals surface area contributed by atoms with Crippen LogP contribution in [0.15, 0.2) is 36.7 Å². The van der Waals surface area contributed by atoms with Crippen LogP contribution in [-0.2, 0) is 4.74 Å². The number of esters is 1. The molecule has 0 unspecified atom stereocenters. The van der Waals surface area contributed by atoms with Crippen LogP contribution in [0, 0.1) is 0 Å². The lowest BCUT2D eigenvalue weighted by atomic mass is 10.2. The van der Waals surface area contributed by atoms with E-state index in [0.29, 0.717) is 23.7 Å². The van der Waals surface area contributed by atoms with Gasteiger partial charge in [-0.2, -0.15) is 0 Å². The van der Waals surface area contributed by atoms with Crippen molar-refractivity contribution in [3.8, 4) is 0 Å². The van der Waals surface area contributed by atoms with Gasteiger partial charge < -0.3 is 15.4 Å². The monoisotopic (exact) mass is 326 g/mol. The number of nitrogens with zero attached hydrogens (tertiary/aromatic N) is 2. The molecule has 1 amide bonds. The van der Waals surface area contributed by atoms with Crippen LogP contribution in [0.5, 0.6) is 0 Å². The van der Waals surface area contributed by atoms with E-state index in [1.54, 1.807) is 37.3 Å². The number of carbonyl (C=O) groups excluding carboxylic acids is 2. The average molecular weight is 326 g/mol. The Balaban J connectivity index is 1.67. The van der Waals surface area contributed by atoms with E-state index in [0.717, 1.165) is 18.5 Å². The third-order valence-corrected chi connectivity index (χ3v) is 3.48. The van der Waals surface area contributed by atoms with Crippen LogP contribution < -0.4 is 10.6 Å². The molecule has 124 valence electrons. The Hall–Kier alpha value is -2.96. The van der Waals surface area contributed by atoms with Crippen LogP contribution in [0.2, 0.25) is 0 Å². The number of hydrogen-bond acceptors (Lipinski definition) is 6. The molecule has 2 aromatic rings. The molecule has 0 spiro atoms. The summed E-state index contributed by atoms with van der Waals surface area (Å²) in [7, 11) is 0. The molecule has 7 nitrogen and oxygen atoms in total. The molecule has 0 saturated heterocycles. The second-order valence-corrected chi connectivity index (χ2v) is 5.46. The molecule has 1 heterocycles. The maximum absolute atomic E-state index is 12.0. The lowest BCUT2D eigenvalue weighted by Gasteiger charge is -2.08. The van der Waals surface area contributed by atoms with Crippen LogP contribution in [-0.4, -0.2) is 34.5 Å². The summed E-state index contributed by atoms with van der Waals surface area (Å²) in [6, 6.07) is 8.71. The van der Waals surface area contributed by atoms with E-state index in [1.807, 2.05) is 0 Å². The fraction of sp³-hybridized carbons (Fsp3) is 0.294. The molecule has 0 aliphatic heterocycles. The Morgan fingerprint density at radius 1 is 1.21 bits per heavy atom. The van der Waals surface area contributed by atoms with Crippen LogP contribution in [0.3, 0.4) is 0 Å². The van der Waals surface area contributed by atoms with Crippen molar-refractivity contribution in [1.29, 1.82) is 0 Å². The lowest BCUT2D eigenvalue weighted by Crippen LogP contribution is -2.26. The summed E-state index contributed by atoms with van der Waals surface area (Å²) in [6.07, 6.45) is 3.39. The van der Waals surface area contributed by atoms with Crippen LogP contribution in [0.1, 0.15) is 40.6 Å². The normalized spacial score (nSPS) is 13.2. The zero-order valence-electron chi connectivity index (χ0n) is 13.3. The maximum Gasteiger partial charge on any atom is 0.338 e. The van der Waals surface area contributed by atoms with Crippen molar-refractivity contribution < 1.29 is 14.3 Å². The van der Waals surface area contributed by atoms with E-state index in [4.69, 9.17) is 4.74 Å². The molecule has 7 heteroatoms. The number of amides is 1. The number of anilines is 2. The quantitative estimate of drug-likeness (QED) is 0.791. The van der Waals surface area contributed by atoms with Crippen molar-refractivity contribution in [2.45, 2.75) is 25.8 Å². The molecule has 2 N–H and O–H groups in total. The molecule has 1 aromatic carbocycles. The van der Waals surface area contributed by atoms with Crippen molar-refractivity contribution in [2.75, 3.05) is 11.9 Å². The van der Waals surface area contributed by atoms with E-state index in [9.17, 15) is 9.59 Å². The Morgan fingerprint density at radius 3 is 2.62 bits per heavy atom. The molecule has 1 fully saturated rings. The standard InChI is InChI=1S/C17H18N4O3/c1-2-24-17(23)11-3-5-12(6-4-11)20-15-9-14(18-10-19-15)16(22)21-13-7-8-13/h3-6,9-10,13H,2,7-8H2,1H3,(H,21,22)(H,18,19,20). The molecule has 3 rings (SSSR count). The highest BCUT2D eigenvalue weighted by molar-refractivity contribution is 5.93. The Kier molecular flexibility index (Phi) is 4.69. The van der Waals surface area contributed by atoms with Crippen molar-refractivity contribution >= 4 is 23.4 Å². The number of aromatic nitrogens is 2. The highest BCUT2D eigenvalue weighted by Crippen LogP contribution is 2.20. The summed E-state index contributed by atoms with van der Waals surface area (Å²) < 4.78 is 4.94. The third-order valence-electron chi connectivity index (χ3n) is 3.48. The minimum absolute atomic E-state index is 0.194. The van der Waals surface area contributed by atoms with Crippen molar-refractivity contribution in [2.24, 2.45) is 0 Å². The predicted octanol–water partition coefficient (Wildman–Crippen LogP) is 2.29. The third kappa shape index (κ3) is 4.07. The maximum atomic E-state index is 12.0. The molecule has 24 heavy (non-hydrogen) atoms. The highest BCUT2D eigenvalue weighted by Gasteiger charge is 2.24. The van der Waals surface area contributed by atoms with Gasteiger partial charge in [0.2, 0.25) is 0 Å². The number of carbonyl (C=O) groups is 2. The zero-order chi connectivity index (χ0) is 16.9. The predicted molar refractivity (Wildman–Crippen MR) is 88.2 cm³/mol. The summed E-state index contributed by atoms with van der Waals surface area (Å²) in [5.41, 5.74) is 1.55. The van der Waals surface area contributed by atoms with Gasteiger partial charge in [-0.15, -0.1) is 0 Å². The first-order valence-corrected chi connectivity index (χ1v) is 7.83. The van der Waals surface area contributed by atoms with Crippen LogP contribution >= 0.6 is 0 Å². The van der Waals surface area contributed by atoms with Gasteiger partial charge in [-0.1, -0.05) is 0 Å². The summed E-state index contributed by atoms with van der Waals surface area (Å²) in [5.74, 6) is -0.0411. The van der Waals surface area contributed by atoms with E-state index in [2.05, 4.69) is 20.6 Å². The second-order valence-electron chi connectivity index (χ2n) is 5.46. The van der Waals surface area contributed by atoms with E-state index in [-0.39, 0.29) is 17.9 Å². The summed E-state index contributed by atoms with van der Waals surface area (Å²) in [6.45, 7) is 2.10. The molecule has 0 bridgehead atoms. The number of rotatable bonds is 6. The molecule has 1 saturated carbocycles. The van der Waals surface area contributed by atoms with Crippen molar-refractivity contribution in [3.63, 3.8) is 0 Å². The largest absolute Gasteiger partial charge is 0.462 e. The van der Waals surface area contributed by atoms with Gasteiger partial charge >= 0.3 is 5.97 Å². The van der Waals surface area contributed by atoms with Gasteiger partial charge in [0.25, 0.3) is 5.91 Å². The van der Waals surface area contributed by atoms with Crippen molar-refractivity contribution in [3.05, 3.63) is 47.9 Å². The van der Waals surface area contributed by atoms with Gasteiger partial charge in [-0.25, -0.2) is 14.8 Å². The van der Waals surface area contributed by atoms with Crippen molar-refractivity contribution in [1.82, 2.24) is 15.3 Å². The summed E-state index contributed by atoms with van der Waals surface area (Å²) >= 11 is 0. The first-order valence-electron chi connectivity index (χ1n) is 7.83. The first kappa shape index (κ1) is 15.9. The van der Waals surface area contributed by atoms with Crippen LogP contribution in [0.25, 0.3) is 0 Å². The van der Waals surface area contributed by atoms with Gasteiger partial charge in [-0.3, -0.25) is 4.79 Å². The molecule has 1 aromatic heterocycles. The molecule has 0 radical (unpaired) electrons. The van der Waals surface area contributed by atoms with E-state index in [1.165, 1.54) is 6.33 Å². The lowest BCUT2D eigenvalue weighted by molar-refractivity contribution is 0.0526. The fourth-order valence-electron chi connectivity index (χ4n) is 2.09. The molecular formula is C17H18N4O3. The Bertz CT molecular complexity index is 742. The van der Waals surface area contributed by atoms with Gasteiger partial charge in [0, 0.05) is 17.8 Å². The number of benzene rings is 1. The van der Waals surface area contributed by atoms with Gasteiger partial charge in [0.05, 0.1) is 12.2 Å². The van der Waals surface area contributed by atoms with E-state index >= 15 is 0 Å². The average Bonchev–Trinajstić information content (AvgIpc) is 3.40. The second kappa shape index (κ2) is 7.08.